The summed E-state index contributed by atoms with van der Waals surface area (Å²) in [6, 6.07) is 10.6. The number of hydrogen-bond acceptors (Lipinski definition) is 5. The van der Waals surface area contributed by atoms with Crippen LogP contribution < -0.4 is 9.47 Å². The Morgan fingerprint density at radius 3 is 2.70 bits per heavy atom. The molecular weight excluding hydrogens is 378 g/mol. The first-order chi connectivity index (χ1) is 14.6. The Morgan fingerprint density at radius 1 is 1.03 bits per heavy atom. The molecule has 2 aromatic heterocycles. The molecule has 156 valence electrons. The second-order valence-electron chi connectivity index (χ2n) is 8.96. The lowest BCUT2D eigenvalue weighted by molar-refractivity contribution is -0.113. The van der Waals surface area contributed by atoms with E-state index in [0.29, 0.717) is 6.79 Å². The largest absolute Gasteiger partial charge is 0.454 e. The van der Waals surface area contributed by atoms with E-state index in [-0.39, 0.29) is 11.1 Å². The van der Waals surface area contributed by atoms with E-state index in [0.717, 1.165) is 55.9 Å². The van der Waals surface area contributed by atoms with E-state index >= 15 is 0 Å². The summed E-state index contributed by atoms with van der Waals surface area (Å²) in [5.41, 5.74) is 4.63. The van der Waals surface area contributed by atoms with Gasteiger partial charge in [-0.15, -0.1) is 0 Å². The van der Waals surface area contributed by atoms with Gasteiger partial charge in [-0.3, -0.25) is 4.90 Å². The summed E-state index contributed by atoms with van der Waals surface area (Å²) in [7, 11) is 4.37. The van der Waals surface area contributed by atoms with Crippen LogP contribution in [0, 0.1) is 0 Å². The molecule has 6 rings (SSSR count). The molecule has 0 atom stereocenters. The molecular formula is C24H27N3O3. The molecule has 1 spiro atoms. The number of nitrogens with zero attached hydrogens (tertiary/aromatic N) is 2. The van der Waals surface area contributed by atoms with Gasteiger partial charge in [0.1, 0.15) is 11.2 Å². The highest BCUT2D eigenvalue weighted by atomic mass is 16.7. The van der Waals surface area contributed by atoms with Gasteiger partial charge in [-0.2, -0.15) is 0 Å². The van der Waals surface area contributed by atoms with Crippen LogP contribution in [0.2, 0.25) is 0 Å². The Hall–Kier alpha value is -2.57. The number of rotatable bonds is 2. The summed E-state index contributed by atoms with van der Waals surface area (Å²) in [5.74, 6) is 1.69. The molecule has 0 unspecified atom stereocenters. The molecule has 1 aromatic carbocycles. The lowest BCUT2D eigenvalue weighted by Crippen LogP contribution is -2.50. The van der Waals surface area contributed by atoms with Gasteiger partial charge in [-0.05, 0) is 81.6 Å². The van der Waals surface area contributed by atoms with Crippen LogP contribution in [-0.2, 0) is 22.3 Å². The Morgan fingerprint density at radius 2 is 1.87 bits per heavy atom. The van der Waals surface area contributed by atoms with Gasteiger partial charge < -0.3 is 19.2 Å². The first-order valence-electron chi connectivity index (χ1n) is 10.8. The number of benzene rings is 1. The van der Waals surface area contributed by atoms with Crippen LogP contribution >= 0.6 is 0 Å². The van der Waals surface area contributed by atoms with E-state index in [1.165, 1.54) is 22.2 Å². The fourth-order valence-corrected chi connectivity index (χ4v) is 5.79. The standard InChI is InChI=1S/C24H27N3O3/c1-27(2)23(16-5-6-19-20(14-16)29-15-28-19)8-10-24(11-9-23)21-17(7-13-30-24)18-4-3-12-25-22(18)26-21/h3-6,12,14H,7-11,13,15H2,1-2H3,(H,25,26). The van der Waals surface area contributed by atoms with Gasteiger partial charge in [-0.1, -0.05) is 6.07 Å². The zero-order valence-electron chi connectivity index (χ0n) is 17.5. The van der Waals surface area contributed by atoms with Crippen molar-refractivity contribution in [2.75, 3.05) is 27.5 Å². The molecule has 0 radical (unpaired) electrons. The SMILES string of the molecule is CN(C)C1(c2ccc3c(c2)OCO3)CCC2(CC1)OCCc1c2[nH]c2ncccc12. The van der Waals surface area contributed by atoms with E-state index in [1.54, 1.807) is 0 Å². The van der Waals surface area contributed by atoms with Crippen LogP contribution in [-0.4, -0.2) is 42.4 Å². The van der Waals surface area contributed by atoms with Crippen molar-refractivity contribution < 1.29 is 14.2 Å². The molecule has 1 saturated carbocycles. The number of hydrogen-bond donors (Lipinski definition) is 1. The number of H-pyrrole nitrogens is 1. The van der Waals surface area contributed by atoms with E-state index < -0.39 is 0 Å². The smallest absolute Gasteiger partial charge is 0.231 e. The molecule has 4 heterocycles. The second-order valence-corrected chi connectivity index (χ2v) is 8.96. The average molecular weight is 405 g/mol. The highest BCUT2D eigenvalue weighted by molar-refractivity contribution is 5.82. The normalized spacial score (nSPS) is 27.7. The fourth-order valence-electron chi connectivity index (χ4n) is 5.79. The number of fused-ring (bicyclic) bond motifs is 5. The van der Waals surface area contributed by atoms with Crippen molar-refractivity contribution in [2.24, 2.45) is 0 Å². The Labute approximate surface area is 176 Å². The molecule has 3 aliphatic rings. The Bertz CT molecular complexity index is 1110. The lowest BCUT2D eigenvalue weighted by atomic mass is 9.68. The van der Waals surface area contributed by atoms with E-state index in [4.69, 9.17) is 14.2 Å². The average Bonchev–Trinajstić information content (AvgIpc) is 3.39. The third-order valence-electron chi connectivity index (χ3n) is 7.51. The number of pyridine rings is 1. The van der Waals surface area contributed by atoms with Crippen molar-refractivity contribution in [3.05, 3.63) is 53.3 Å². The number of ether oxygens (including phenoxy) is 3. The van der Waals surface area contributed by atoms with Gasteiger partial charge in [0.2, 0.25) is 6.79 Å². The van der Waals surface area contributed by atoms with Gasteiger partial charge in [0.05, 0.1) is 12.3 Å². The summed E-state index contributed by atoms with van der Waals surface area (Å²) in [4.78, 5) is 10.5. The van der Waals surface area contributed by atoms with Crippen LogP contribution in [0.3, 0.4) is 0 Å². The quantitative estimate of drug-likeness (QED) is 0.696. The van der Waals surface area contributed by atoms with Crippen molar-refractivity contribution in [1.82, 2.24) is 14.9 Å². The van der Waals surface area contributed by atoms with Gasteiger partial charge in [-0.25, -0.2) is 4.98 Å². The minimum absolute atomic E-state index is 0.0442. The zero-order valence-corrected chi connectivity index (χ0v) is 17.5. The van der Waals surface area contributed by atoms with Gasteiger partial charge >= 0.3 is 0 Å². The Kier molecular flexibility index (Phi) is 3.92. The van der Waals surface area contributed by atoms with Crippen molar-refractivity contribution in [3.8, 4) is 11.5 Å². The number of aromatic amines is 1. The van der Waals surface area contributed by atoms with E-state index in [2.05, 4.69) is 47.2 Å². The third-order valence-corrected chi connectivity index (χ3v) is 7.51. The van der Waals surface area contributed by atoms with Gasteiger partial charge in [0, 0.05) is 17.1 Å². The summed E-state index contributed by atoms with van der Waals surface area (Å²) >= 11 is 0. The molecule has 6 heteroatoms. The zero-order chi connectivity index (χ0) is 20.3. The summed E-state index contributed by atoms with van der Waals surface area (Å²) in [5, 5.41) is 1.25. The number of aromatic nitrogens is 2. The molecule has 1 fully saturated rings. The van der Waals surface area contributed by atoms with Crippen molar-refractivity contribution in [1.29, 1.82) is 0 Å². The molecule has 2 aliphatic heterocycles. The third kappa shape index (κ3) is 2.47. The molecule has 0 saturated heterocycles. The van der Waals surface area contributed by atoms with Gasteiger partial charge in [0.15, 0.2) is 11.5 Å². The Balaban J connectivity index is 1.37. The highest BCUT2D eigenvalue weighted by Gasteiger charge is 2.49. The van der Waals surface area contributed by atoms with Crippen LogP contribution in [0.4, 0.5) is 0 Å². The van der Waals surface area contributed by atoms with E-state index in [9.17, 15) is 0 Å². The topological polar surface area (TPSA) is 59.6 Å². The summed E-state index contributed by atoms with van der Waals surface area (Å²) in [6.45, 7) is 1.08. The molecule has 3 aromatic rings. The van der Waals surface area contributed by atoms with Crippen LogP contribution in [0.15, 0.2) is 36.5 Å². The molecule has 0 amide bonds. The maximum atomic E-state index is 6.52. The molecule has 0 bridgehead atoms. The molecule has 1 N–H and O–H groups in total. The van der Waals surface area contributed by atoms with Gasteiger partial charge in [0.25, 0.3) is 0 Å². The predicted octanol–water partition coefficient (Wildman–Crippen LogP) is 4.09. The summed E-state index contributed by atoms with van der Waals surface area (Å²) in [6.07, 6.45) is 6.78. The fraction of sp³-hybridized carbons (Fsp3) is 0.458. The first kappa shape index (κ1) is 18.2. The monoisotopic (exact) mass is 405 g/mol. The molecule has 30 heavy (non-hydrogen) atoms. The summed E-state index contributed by atoms with van der Waals surface area (Å²) < 4.78 is 17.7. The van der Waals surface area contributed by atoms with Crippen molar-refractivity contribution >= 4 is 11.0 Å². The first-order valence-corrected chi connectivity index (χ1v) is 10.8. The number of nitrogens with one attached hydrogen (secondary N) is 1. The minimum atomic E-state index is -0.246. The predicted molar refractivity (Wildman–Crippen MR) is 114 cm³/mol. The maximum absolute atomic E-state index is 6.52. The maximum Gasteiger partial charge on any atom is 0.231 e. The van der Waals surface area contributed by atoms with Crippen LogP contribution in [0.5, 0.6) is 11.5 Å². The van der Waals surface area contributed by atoms with E-state index in [1.807, 2.05) is 18.3 Å². The van der Waals surface area contributed by atoms with Crippen molar-refractivity contribution in [2.45, 2.75) is 43.2 Å². The minimum Gasteiger partial charge on any atom is -0.454 e. The molecule has 1 aliphatic carbocycles. The van der Waals surface area contributed by atoms with Crippen molar-refractivity contribution in [3.63, 3.8) is 0 Å². The van der Waals surface area contributed by atoms with Crippen LogP contribution in [0.25, 0.3) is 11.0 Å². The van der Waals surface area contributed by atoms with Crippen LogP contribution in [0.1, 0.15) is 42.5 Å². The highest BCUT2D eigenvalue weighted by Crippen LogP contribution is 2.53. The lowest BCUT2D eigenvalue weighted by Gasteiger charge is -2.50. The molecule has 6 nitrogen and oxygen atoms in total. The second kappa shape index (κ2) is 6.46.